The van der Waals surface area contributed by atoms with E-state index in [4.69, 9.17) is 19.5 Å². The van der Waals surface area contributed by atoms with E-state index in [2.05, 4.69) is 22.0 Å². The van der Waals surface area contributed by atoms with Crippen LogP contribution in [0.25, 0.3) is 10.6 Å². The zero-order valence-electron chi connectivity index (χ0n) is 16.5. The maximum Gasteiger partial charge on any atom is 0.503 e. The van der Waals surface area contributed by atoms with Crippen molar-refractivity contribution in [1.29, 1.82) is 0 Å². The number of carbonyl (C=O) groups is 1. The van der Waals surface area contributed by atoms with Crippen LogP contribution in [0.5, 0.6) is 0 Å². The Hall–Kier alpha value is -2.69. The fraction of sp³-hybridized carbons (Fsp3) is 0.333. The van der Waals surface area contributed by atoms with Crippen LogP contribution in [-0.4, -0.2) is 36.0 Å². The van der Waals surface area contributed by atoms with Gasteiger partial charge in [0, 0.05) is 23.9 Å². The van der Waals surface area contributed by atoms with Crippen LogP contribution in [0, 0.1) is 0 Å². The van der Waals surface area contributed by atoms with E-state index in [1.54, 1.807) is 6.07 Å². The van der Waals surface area contributed by atoms with Crippen molar-refractivity contribution >= 4 is 27.5 Å². The molecule has 8 nitrogen and oxygen atoms in total. The smallest absolute Gasteiger partial charge is 0.450 e. The summed E-state index contributed by atoms with van der Waals surface area (Å²) in [6.45, 7) is 0. The van der Waals surface area contributed by atoms with E-state index in [9.17, 15) is 8.42 Å². The number of carboxylic acid groups (broad SMARTS) is 2. The van der Waals surface area contributed by atoms with Crippen LogP contribution >= 0.6 is 11.3 Å². The second kappa shape index (κ2) is 8.81. The number of nitrogens with one attached hydrogen (secondary N) is 1. The lowest BCUT2D eigenvalue weighted by molar-refractivity contribution is 0.137. The molecule has 5 rings (SSSR count). The number of sulfonamides is 1. The zero-order valence-corrected chi connectivity index (χ0v) is 18.2. The highest BCUT2D eigenvalue weighted by molar-refractivity contribution is 7.91. The summed E-state index contributed by atoms with van der Waals surface area (Å²) >= 11 is 1.26. The number of rotatable bonds is 5. The van der Waals surface area contributed by atoms with Crippen LogP contribution in [0.3, 0.4) is 0 Å². The lowest BCUT2D eigenvalue weighted by atomic mass is 9.96. The number of hydrogen-bond donors (Lipinski definition) is 3. The van der Waals surface area contributed by atoms with Crippen LogP contribution in [0.15, 0.2) is 51.2 Å². The molecule has 1 fully saturated rings. The number of aryl methyl sites for hydroxylation is 1. The Labute approximate surface area is 183 Å². The second-order valence-corrected chi connectivity index (χ2v) is 10.5. The highest BCUT2D eigenvalue weighted by Crippen LogP contribution is 2.42. The van der Waals surface area contributed by atoms with Crippen molar-refractivity contribution < 1.29 is 27.9 Å². The topological polar surface area (TPSA) is 130 Å². The molecule has 2 heterocycles. The van der Waals surface area contributed by atoms with Gasteiger partial charge >= 0.3 is 6.16 Å². The average Bonchev–Trinajstić information content (AvgIpc) is 3.14. The largest absolute Gasteiger partial charge is 0.503 e. The van der Waals surface area contributed by atoms with Crippen LogP contribution < -0.4 is 4.72 Å². The summed E-state index contributed by atoms with van der Waals surface area (Å²) in [5.41, 5.74) is 3.14. The Morgan fingerprint density at radius 3 is 2.55 bits per heavy atom. The minimum atomic E-state index is -3.52. The van der Waals surface area contributed by atoms with Gasteiger partial charge in [0.05, 0.1) is 4.88 Å². The van der Waals surface area contributed by atoms with Crippen LogP contribution in [-0.2, 0) is 22.9 Å². The fourth-order valence-corrected chi connectivity index (χ4v) is 6.44. The molecule has 2 atom stereocenters. The molecule has 0 radical (unpaired) electrons. The monoisotopic (exact) mass is 462 g/mol. The molecule has 31 heavy (non-hydrogen) atoms. The Morgan fingerprint density at radius 1 is 1.10 bits per heavy atom. The van der Waals surface area contributed by atoms with Crippen LogP contribution in [0.1, 0.15) is 42.1 Å². The highest BCUT2D eigenvalue weighted by atomic mass is 32.2. The van der Waals surface area contributed by atoms with E-state index >= 15 is 0 Å². The van der Waals surface area contributed by atoms with E-state index in [0.717, 1.165) is 54.0 Å². The first-order chi connectivity index (χ1) is 14.8. The molecule has 1 aromatic carbocycles. The number of aromatic nitrogens is 1. The predicted molar refractivity (Wildman–Crippen MR) is 115 cm³/mol. The molecule has 1 saturated carbocycles. The molecular formula is C21H22N2O6S2. The molecule has 2 aliphatic carbocycles. The van der Waals surface area contributed by atoms with E-state index in [0.29, 0.717) is 4.21 Å². The van der Waals surface area contributed by atoms with Crippen LogP contribution in [0.4, 0.5) is 4.79 Å². The quantitative estimate of drug-likeness (QED) is 0.514. The highest BCUT2D eigenvalue weighted by Gasteiger charge is 2.41. The van der Waals surface area contributed by atoms with E-state index in [1.807, 2.05) is 24.3 Å². The van der Waals surface area contributed by atoms with Gasteiger partial charge in [0.2, 0.25) is 10.0 Å². The van der Waals surface area contributed by atoms with Crippen molar-refractivity contribution in [3.63, 3.8) is 0 Å². The van der Waals surface area contributed by atoms with Crippen molar-refractivity contribution in [3.05, 3.63) is 59.4 Å². The van der Waals surface area contributed by atoms with Crippen molar-refractivity contribution in [3.8, 4) is 10.6 Å². The summed E-state index contributed by atoms with van der Waals surface area (Å²) in [5.74, 6) is 1.22. The molecule has 0 aliphatic heterocycles. The molecule has 3 N–H and O–H groups in total. The minimum absolute atomic E-state index is 0.0252. The fourth-order valence-electron chi connectivity index (χ4n) is 3.82. The third kappa shape index (κ3) is 4.97. The second-order valence-electron chi connectivity index (χ2n) is 7.52. The predicted octanol–water partition coefficient (Wildman–Crippen LogP) is 4.34. The van der Waals surface area contributed by atoms with Gasteiger partial charge < -0.3 is 14.7 Å². The summed E-state index contributed by atoms with van der Waals surface area (Å²) in [7, 11) is -3.52. The summed E-state index contributed by atoms with van der Waals surface area (Å²) in [5, 5.41) is 18.2. The first-order valence-corrected chi connectivity index (χ1v) is 12.2. The Bertz CT molecular complexity index is 1170. The lowest BCUT2D eigenvalue weighted by Gasteiger charge is -2.08. The minimum Gasteiger partial charge on any atom is -0.450 e. The molecule has 2 aliphatic rings. The van der Waals surface area contributed by atoms with Gasteiger partial charge in [-0.3, -0.25) is 0 Å². The molecule has 0 spiro atoms. The van der Waals surface area contributed by atoms with E-state index < -0.39 is 16.2 Å². The van der Waals surface area contributed by atoms with Crippen molar-refractivity contribution in [2.24, 2.45) is 0 Å². The molecular weight excluding hydrogens is 440 g/mol. The van der Waals surface area contributed by atoms with Crippen molar-refractivity contribution in [2.45, 2.75) is 48.3 Å². The van der Waals surface area contributed by atoms with Gasteiger partial charge in [-0.25, -0.2) is 17.9 Å². The van der Waals surface area contributed by atoms with Gasteiger partial charge in [0.25, 0.3) is 0 Å². The van der Waals surface area contributed by atoms with Gasteiger partial charge in [-0.2, -0.15) is 0 Å². The molecule has 0 unspecified atom stereocenters. The first kappa shape index (κ1) is 21.5. The maximum absolute atomic E-state index is 12.8. The molecule has 164 valence electrons. The molecule has 10 heteroatoms. The van der Waals surface area contributed by atoms with Gasteiger partial charge in [0.15, 0.2) is 0 Å². The van der Waals surface area contributed by atoms with Crippen LogP contribution in [0.2, 0.25) is 0 Å². The molecule has 2 aromatic heterocycles. The molecule has 0 saturated heterocycles. The van der Waals surface area contributed by atoms with Gasteiger partial charge in [-0.05, 0) is 43.4 Å². The van der Waals surface area contributed by atoms with Crippen molar-refractivity contribution in [1.82, 2.24) is 9.88 Å². The normalized spacial score (nSPS) is 19.7. The van der Waals surface area contributed by atoms with Gasteiger partial charge in [-0.15, -0.1) is 11.3 Å². The first-order valence-electron chi connectivity index (χ1n) is 9.92. The molecule has 0 amide bonds. The average molecular weight is 463 g/mol. The summed E-state index contributed by atoms with van der Waals surface area (Å²) in [6, 6.07) is 13.5. The van der Waals surface area contributed by atoms with Crippen molar-refractivity contribution in [2.75, 3.05) is 0 Å². The standard InChI is InChI=1S/C20H20N2O3S2.CH2O3/c23-27(24,22-16-12-15(16)13-6-2-1-3-7-13)19-11-10-18(26-19)20-14-8-4-5-9-17(14)25-21-20;2-1(3)4/h1-3,6-7,10-11,15-16,22H,4-5,8-9,12H2;(H2,2,3,4)/t15-,16+;/m1./s1. The Balaban J connectivity index is 0.000000535. The van der Waals surface area contributed by atoms with Gasteiger partial charge in [-0.1, -0.05) is 35.5 Å². The molecule has 3 aromatic rings. The SMILES string of the molecule is O=C(O)O.O=S(=O)(N[C@H]1C[C@@H]1c1ccccc1)c1ccc(-c2noc3c2CCCC3)s1. The third-order valence-electron chi connectivity index (χ3n) is 5.35. The van der Waals surface area contributed by atoms with Gasteiger partial charge in [0.1, 0.15) is 15.7 Å². The number of thiophene rings is 1. The summed E-state index contributed by atoms with van der Waals surface area (Å²) in [4.78, 5) is 9.41. The lowest BCUT2D eigenvalue weighted by Crippen LogP contribution is -2.26. The summed E-state index contributed by atoms with van der Waals surface area (Å²) < 4.78 is 34.2. The van der Waals surface area contributed by atoms with E-state index in [-0.39, 0.29) is 12.0 Å². The number of hydrogen-bond acceptors (Lipinski definition) is 6. The summed E-state index contributed by atoms with van der Waals surface area (Å²) in [6.07, 6.45) is 3.13. The maximum atomic E-state index is 12.8. The number of nitrogens with zero attached hydrogens (tertiary/aromatic N) is 1. The van der Waals surface area contributed by atoms with E-state index in [1.165, 1.54) is 16.9 Å². The Morgan fingerprint density at radius 2 is 1.81 bits per heavy atom. The number of benzene rings is 1. The zero-order chi connectivity index (χ0) is 22.0. The number of fused-ring (bicyclic) bond motifs is 1. The Kier molecular flexibility index (Phi) is 6.12. The third-order valence-corrected chi connectivity index (χ3v) is 8.43. The molecule has 0 bridgehead atoms.